The molecule has 188 valence electrons. The van der Waals surface area contributed by atoms with E-state index in [1.807, 2.05) is 6.07 Å². The molecule has 1 aliphatic heterocycles. The van der Waals surface area contributed by atoms with Crippen LogP contribution in [0.5, 0.6) is 0 Å². The summed E-state index contributed by atoms with van der Waals surface area (Å²) < 4.78 is 11.5. The highest BCUT2D eigenvalue weighted by Crippen LogP contribution is 2.49. The Morgan fingerprint density at radius 3 is 2.12 bits per heavy atom. The van der Waals surface area contributed by atoms with Crippen molar-refractivity contribution in [1.82, 2.24) is 4.90 Å². The quantitative estimate of drug-likeness (QED) is 0.341. The van der Waals surface area contributed by atoms with E-state index in [2.05, 4.69) is 0 Å². The molecule has 1 heterocycles. The third kappa shape index (κ3) is 5.27. The van der Waals surface area contributed by atoms with E-state index in [4.69, 9.17) is 9.47 Å². The number of methoxy groups -OCH3 is 1. The Labute approximate surface area is 202 Å². The van der Waals surface area contributed by atoms with Crippen molar-refractivity contribution in [3.63, 3.8) is 0 Å². The number of carbonyl (C=O) groups excluding carboxylic acids is 2. The number of ether oxygens (including phenoxy) is 2. The van der Waals surface area contributed by atoms with Crippen molar-refractivity contribution in [2.75, 3.05) is 7.11 Å². The molecule has 2 aliphatic rings. The Morgan fingerprint density at radius 1 is 1.03 bits per heavy atom. The van der Waals surface area contributed by atoms with Crippen molar-refractivity contribution >= 4 is 11.9 Å². The summed E-state index contributed by atoms with van der Waals surface area (Å²) in [6.07, 6.45) is 4.38. The van der Waals surface area contributed by atoms with Crippen LogP contribution in [-0.4, -0.2) is 52.1 Å². The van der Waals surface area contributed by atoms with Gasteiger partial charge in [0, 0.05) is 18.0 Å². The highest BCUT2D eigenvalue weighted by molar-refractivity contribution is 5.88. The monoisotopic (exact) mass is 474 g/mol. The number of nitro groups is 1. The first-order valence-corrected chi connectivity index (χ1v) is 12.2. The van der Waals surface area contributed by atoms with Crippen molar-refractivity contribution in [3.8, 4) is 0 Å². The lowest BCUT2D eigenvalue weighted by Crippen LogP contribution is -2.54. The predicted octanol–water partition coefficient (Wildman–Crippen LogP) is 4.55. The third-order valence-corrected chi connectivity index (χ3v) is 7.20. The average molecular weight is 475 g/mol. The van der Waals surface area contributed by atoms with E-state index in [9.17, 15) is 19.7 Å². The van der Waals surface area contributed by atoms with Gasteiger partial charge in [0.1, 0.15) is 17.7 Å². The summed E-state index contributed by atoms with van der Waals surface area (Å²) in [7, 11) is 1.48. The van der Waals surface area contributed by atoms with Gasteiger partial charge in [-0.05, 0) is 53.0 Å². The topological polar surface area (TPSA) is 99.0 Å². The molecular formula is C26H38N2O6. The van der Waals surface area contributed by atoms with E-state index in [1.54, 1.807) is 58.9 Å². The molecule has 1 saturated carbocycles. The Hall–Kier alpha value is -2.48. The number of likely N-dealkylation sites (tertiary alicyclic amines) is 1. The van der Waals surface area contributed by atoms with Gasteiger partial charge in [-0.3, -0.25) is 14.9 Å². The second-order valence-electron chi connectivity index (χ2n) is 11.0. The molecule has 1 saturated heterocycles. The lowest BCUT2D eigenvalue weighted by atomic mass is 9.79. The fraction of sp³-hybridized carbons (Fsp3) is 0.692. The predicted molar refractivity (Wildman–Crippen MR) is 128 cm³/mol. The van der Waals surface area contributed by atoms with Crippen LogP contribution in [0.3, 0.4) is 0 Å². The van der Waals surface area contributed by atoms with Gasteiger partial charge in [0.15, 0.2) is 0 Å². The number of carbonyl (C=O) groups is 2. The number of hydrogen-bond donors (Lipinski definition) is 0. The zero-order valence-corrected chi connectivity index (χ0v) is 21.2. The average Bonchev–Trinajstić information content (AvgIpc) is 3.16. The molecule has 0 bridgehead atoms. The van der Waals surface area contributed by atoms with E-state index in [0.717, 1.165) is 32.1 Å². The zero-order valence-electron chi connectivity index (χ0n) is 21.2. The molecule has 3 rings (SSSR count). The molecule has 0 aromatic heterocycles. The van der Waals surface area contributed by atoms with Gasteiger partial charge >= 0.3 is 5.97 Å². The van der Waals surface area contributed by atoms with Crippen molar-refractivity contribution in [2.45, 2.75) is 96.1 Å². The maximum absolute atomic E-state index is 14.0. The van der Waals surface area contributed by atoms with Gasteiger partial charge in [0.25, 0.3) is 0 Å². The minimum absolute atomic E-state index is 0.203. The maximum Gasteiger partial charge on any atom is 0.330 e. The standard InChI is InChI=1S/C26H38N2O6/c1-25(2,3)34-24(30)22-19(26(4,5)33-6)21(28(31)32)20(17-13-9-7-10-14-17)27(22)23(29)18-15-11-8-12-16-18/h7,9-10,13-14,18-22H,8,11-12,15-16H2,1-6H3/t19-,20+,21-,22+/m1/s1. The lowest BCUT2D eigenvalue weighted by Gasteiger charge is -2.37. The first-order chi connectivity index (χ1) is 15.9. The zero-order chi connectivity index (χ0) is 25.3. The summed E-state index contributed by atoms with van der Waals surface area (Å²) >= 11 is 0. The van der Waals surface area contributed by atoms with Gasteiger partial charge in [0.05, 0.1) is 11.5 Å². The largest absolute Gasteiger partial charge is 0.458 e. The molecule has 1 aliphatic carbocycles. The Balaban J connectivity index is 2.22. The van der Waals surface area contributed by atoms with Crippen LogP contribution in [0.4, 0.5) is 0 Å². The fourth-order valence-electron chi connectivity index (χ4n) is 5.53. The summed E-state index contributed by atoms with van der Waals surface area (Å²) in [5.41, 5.74) is -1.24. The van der Waals surface area contributed by atoms with Crippen molar-refractivity contribution in [1.29, 1.82) is 0 Å². The summed E-state index contributed by atoms with van der Waals surface area (Å²) in [6, 6.07) is 5.73. The molecule has 0 unspecified atom stereocenters. The summed E-state index contributed by atoms with van der Waals surface area (Å²) in [4.78, 5) is 41.5. The fourth-order valence-corrected chi connectivity index (χ4v) is 5.53. The molecule has 0 N–H and O–H groups in total. The van der Waals surface area contributed by atoms with E-state index in [-0.39, 0.29) is 16.7 Å². The molecule has 1 aromatic carbocycles. The number of rotatable bonds is 6. The Bertz CT molecular complexity index is 888. The Morgan fingerprint density at radius 2 is 1.62 bits per heavy atom. The first kappa shape index (κ1) is 26.1. The highest BCUT2D eigenvalue weighted by atomic mass is 16.6. The molecule has 34 heavy (non-hydrogen) atoms. The number of esters is 1. The van der Waals surface area contributed by atoms with Crippen LogP contribution in [0.15, 0.2) is 30.3 Å². The van der Waals surface area contributed by atoms with Crippen molar-refractivity contribution < 1.29 is 24.0 Å². The molecule has 8 heteroatoms. The first-order valence-electron chi connectivity index (χ1n) is 12.2. The molecule has 0 radical (unpaired) electrons. The van der Waals surface area contributed by atoms with Crippen LogP contribution < -0.4 is 0 Å². The smallest absolute Gasteiger partial charge is 0.330 e. The maximum atomic E-state index is 14.0. The lowest BCUT2D eigenvalue weighted by molar-refractivity contribution is -0.537. The molecule has 1 aromatic rings. The van der Waals surface area contributed by atoms with Gasteiger partial charge in [-0.2, -0.15) is 0 Å². The van der Waals surface area contributed by atoms with Crippen LogP contribution in [0.25, 0.3) is 0 Å². The van der Waals surface area contributed by atoms with Crippen LogP contribution >= 0.6 is 0 Å². The number of hydrogen-bond acceptors (Lipinski definition) is 6. The molecule has 2 fully saturated rings. The van der Waals surface area contributed by atoms with E-state index >= 15 is 0 Å². The minimum atomic E-state index is -1.23. The van der Waals surface area contributed by atoms with Gasteiger partial charge in [-0.25, -0.2) is 4.79 Å². The number of nitrogens with zero attached hydrogens (tertiary/aromatic N) is 2. The SMILES string of the molecule is COC(C)(C)[C@@H]1[C@@H]([N+](=O)[O-])[C@H](c2ccccc2)N(C(=O)C2CCCCC2)[C@@H]1C(=O)OC(C)(C)C. The molecule has 4 atom stereocenters. The second-order valence-corrected chi connectivity index (χ2v) is 11.0. The highest BCUT2D eigenvalue weighted by Gasteiger charge is 2.66. The van der Waals surface area contributed by atoms with E-state index in [0.29, 0.717) is 5.56 Å². The van der Waals surface area contributed by atoms with Gasteiger partial charge in [-0.15, -0.1) is 0 Å². The van der Waals surface area contributed by atoms with Crippen molar-refractivity contribution in [3.05, 3.63) is 46.0 Å². The van der Waals surface area contributed by atoms with E-state index < -0.39 is 41.2 Å². The molecule has 8 nitrogen and oxygen atoms in total. The Kier molecular flexibility index (Phi) is 7.70. The number of benzene rings is 1. The molecule has 1 amide bonds. The van der Waals surface area contributed by atoms with Crippen LogP contribution in [-0.2, 0) is 19.1 Å². The summed E-state index contributed by atoms with van der Waals surface area (Å²) in [5.74, 6) is -2.00. The summed E-state index contributed by atoms with van der Waals surface area (Å²) in [6.45, 7) is 8.74. The van der Waals surface area contributed by atoms with Crippen LogP contribution in [0, 0.1) is 22.0 Å². The molecular weight excluding hydrogens is 436 g/mol. The third-order valence-electron chi connectivity index (χ3n) is 7.20. The minimum Gasteiger partial charge on any atom is -0.458 e. The number of amides is 1. The van der Waals surface area contributed by atoms with Gasteiger partial charge in [-0.1, -0.05) is 49.6 Å². The van der Waals surface area contributed by atoms with E-state index in [1.165, 1.54) is 12.0 Å². The normalized spacial score (nSPS) is 26.4. The van der Waals surface area contributed by atoms with Crippen molar-refractivity contribution in [2.24, 2.45) is 11.8 Å². The summed E-state index contributed by atoms with van der Waals surface area (Å²) in [5, 5.41) is 12.6. The van der Waals surface area contributed by atoms with Crippen LogP contribution in [0.2, 0.25) is 0 Å². The van der Waals surface area contributed by atoms with Gasteiger partial charge < -0.3 is 14.4 Å². The van der Waals surface area contributed by atoms with Gasteiger partial charge in [0.2, 0.25) is 11.9 Å². The van der Waals surface area contributed by atoms with Crippen LogP contribution in [0.1, 0.15) is 78.3 Å². The molecule has 0 spiro atoms. The second kappa shape index (κ2) is 10.0.